The highest BCUT2D eigenvalue weighted by atomic mass is 32.1. The summed E-state index contributed by atoms with van der Waals surface area (Å²) in [6.45, 7) is 3.66. The number of thiophene rings is 1. The molecule has 124 valence electrons. The van der Waals surface area contributed by atoms with Crippen molar-refractivity contribution in [2.75, 3.05) is 6.61 Å². The number of carbonyl (C=O) groups is 1. The number of ether oxygens (including phenoxy) is 1. The molecule has 1 N–H and O–H groups in total. The van der Waals surface area contributed by atoms with Crippen molar-refractivity contribution in [2.45, 2.75) is 20.1 Å². The topological polar surface area (TPSA) is 51.2 Å². The maximum atomic E-state index is 12.3. The molecule has 0 saturated heterocycles. The minimum absolute atomic E-state index is 0.154. The molecular formula is C18H18N2O2S2. The third kappa shape index (κ3) is 4.08. The second kappa shape index (κ2) is 8.19. The fourth-order valence-electron chi connectivity index (χ4n) is 2.25. The highest BCUT2D eigenvalue weighted by Crippen LogP contribution is 2.25. The van der Waals surface area contributed by atoms with Crippen LogP contribution in [0.3, 0.4) is 0 Å². The quantitative estimate of drug-likeness (QED) is 0.683. The first-order chi connectivity index (χ1) is 11.8. The Labute approximate surface area is 149 Å². The normalized spacial score (nSPS) is 10.7. The molecule has 2 aromatic heterocycles. The Morgan fingerprint density at radius 1 is 1.21 bits per heavy atom. The molecule has 0 aliphatic heterocycles. The van der Waals surface area contributed by atoms with Crippen LogP contribution in [0, 0.1) is 0 Å². The fraction of sp³-hybridized carbons (Fsp3) is 0.222. The lowest BCUT2D eigenvalue weighted by molar-refractivity contribution is 0.0945. The molecule has 0 bridgehead atoms. The first-order valence-electron chi connectivity index (χ1n) is 7.68. The average molecular weight is 358 g/mol. The maximum Gasteiger partial charge on any atom is 0.271 e. The monoisotopic (exact) mass is 358 g/mol. The lowest BCUT2D eigenvalue weighted by Gasteiger charge is -2.10. The SMILES string of the molecule is CCOCc1ccccc1CNC(=O)c1csc(-c2ccsc2)n1. The average Bonchev–Trinajstić information content (AvgIpc) is 3.29. The molecule has 1 amide bonds. The van der Waals surface area contributed by atoms with Gasteiger partial charge >= 0.3 is 0 Å². The second-order valence-corrected chi connectivity index (χ2v) is 6.78. The lowest BCUT2D eigenvalue weighted by atomic mass is 10.1. The van der Waals surface area contributed by atoms with Gasteiger partial charge in [0, 0.05) is 29.5 Å². The summed E-state index contributed by atoms with van der Waals surface area (Å²) < 4.78 is 5.47. The molecule has 2 heterocycles. The third-order valence-electron chi connectivity index (χ3n) is 3.52. The Balaban J connectivity index is 1.64. The van der Waals surface area contributed by atoms with Crippen molar-refractivity contribution in [1.29, 1.82) is 0 Å². The van der Waals surface area contributed by atoms with E-state index < -0.39 is 0 Å². The van der Waals surface area contributed by atoms with Crippen LogP contribution >= 0.6 is 22.7 Å². The van der Waals surface area contributed by atoms with Crippen LogP contribution < -0.4 is 5.32 Å². The zero-order chi connectivity index (χ0) is 16.8. The number of hydrogen-bond donors (Lipinski definition) is 1. The van der Waals surface area contributed by atoms with Crippen LogP contribution in [-0.2, 0) is 17.9 Å². The predicted octanol–water partition coefficient (Wildman–Crippen LogP) is 4.34. The van der Waals surface area contributed by atoms with Crippen LogP contribution in [0.15, 0.2) is 46.5 Å². The summed E-state index contributed by atoms with van der Waals surface area (Å²) in [6, 6.07) is 9.98. The summed E-state index contributed by atoms with van der Waals surface area (Å²) in [6.07, 6.45) is 0. The standard InChI is InChI=1S/C18H18N2O2S2/c1-2-22-10-14-6-4-3-5-13(14)9-19-17(21)16-12-24-18(20-16)15-7-8-23-11-15/h3-8,11-12H,2,9-10H2,1H3,(H,19,21). The van der Waals surface area contributed by atoms with Gasteiger partial charge in [0.2, 0.25) is 0 Å². The zero-order valence-electron chi connectivity index (χ0n) is 13.3. The smallest absolute Gasteiger partial charge is 0.271 e. The van der Waals surface area contributed by atoms with Crippen LogP contribution in [0.2, 0.25) is 0 Å². The molecule has 0 radical (unpaired) electrons. The predicted molar refractivity (Wildman–Crippen MR) is 98.4 cm³/mol. The van der Waals surface area contributed by atoms with E-state index in [-0.39, 0.29) is 5.91 Å². The Morgan fingerprint density at radius 2 is 2.04 bits per heavy atom. The van der Waals surface area contributed by atoms with Gasteiger partial charge in [0.25, 0.3) is 5.91 Å². The molecule has 0 saturated carbocycles. The van der Waals surface area contributed by atoms with E-state index in [4.69, 9.17) is 4.74 Å². The lowest BCUT2D eigenvalue weighted by Crippen LogP contribution is -2.23. The summed E-state index contributed by atoms with van der Waals surface area (Å²) in [5.74, 6) is -0.154. The maximum absolute atomic E-state index is 12.3. The largest absolute Gasteiger partial charge is 0.377 e. The van der Waals surface area contributed by atoms with Gasteiger partial charge in [-0.25, -0.2) is 4.98 Å². The van der Waals surface area contributed by atoms with Crippen molar-refractivity contribution in [2.24, 2.45) is 0 Å². The summed E-state index contributed by atoms with van der Waals surface area (Å²) >= 11 is 3.11. The van der Waals surface area contributed by atoms with E-state index >= 15 is 0 Å². The van der Waals surface area contributed by atoms with Crippen LogP contribution in [-0.4, -0.2) is 17.5 Å². The molecule has 0 atom stereocenters. The summed E-state index contributed by atoms with van der Waals surface area (Å²) in [7, 11) is 0. The number of hydrogen-bond acceptors (Lipinski definition) is 5. The number of rotatable bonds is 7. The van der Waals surface area contributed by atoms with E-state index in [2.05, 4.69) is 10.3 Å². The molecule has 0 aliphatic rings. The fourth-order valence-corrected chi connectivity index (χ4v) is 3.76. The van der Waals surface area contributed by atoms with Gasteiger partial charge in [-0.05, 0) is 29.5 Å². The van der Waals surface area contributed by atoms with Crippen molar-refractivity contribution >= 4 is 28.6 Å². The van der Waals surface area contributed by atoms with Gasteiger partial charge in [-0.2, -0.15) is 11.3 Å². The Bertz CT molecular complexity index is 797. The van der Waals surface area contributed by atoms with Gasteiger partial charge in [0.1, 0.15) is 10.7 Å². The van der Waals surface area contributed by atoms with E-state index in [0.29, 0.717) is 25.5 Å². The highest BCUT2D eigenvalue weighted by Gasteiger charge is 2.12. The molecule has 0 fully saturated rings. The van der Waals surface area contributed by atoms with Gasteiger partial charge in [-0.15, -0.1) is 11.3 Å². The number of benzene rings is 1. The Morgan fingerprint density at radius 3 is 2.79 bits per heavy atom. The highest BCUT2D eigenvalue weighted by molar-refractivity contribution is 7.14. The van der Waals surface area contributed by atoms with E-state index in [9.17, 15) is 4.79 Å². The Kier molecular flexibility index (Phi) is 5.74. The molecule has 4 nitrogen and oxygen atoms in total. The van der Waals surface area contributed by atoms with Gasteiger partial charge in [-0.3, -0.25) is 4.79 Å². The number of thiazole rings is 1. The summed E-state index contributed by atoms with van der Waals surface area (Å²) in [5.41, 5.74) is 3.68. The number of nitrogens with one attached hydrogen (secondary N) is 1. The molecule has 6 heteroatoms. The van der Waals surface area contributed by atoms with Crippen molar-refractivity contribution < 1.29 is 9.53 Å². The molecule has 0 unspecified atom stereocenters. The molecule has 24 heavy (non-hydrogen) atoms. The summed E-state index contributed by atoms with van der Waals surface area (Å²) in [5, 5.41) is 9.65. The second-order valence-electron chi connectivity index (χ2n) is 5.14. The number of aromatic nitrogens is 1. The molecule has 1 aromatic carbocycles. The first-order valence-corrected chi connectivity index (χ1v) is 9.51. The van der Waals surface area contributed by atoms with E-state index in [1.165, 1.54) is 11.3 Å². The molecular weight excluding hydrogens is 340 g/mol. The van der Waals surface area contributed by atoms with E-state index in [0.717, 1.165) is 21.7 Å². The Hall–Kier alpha value is -2.02. The summed E-state index contributed by atoms with van der Waals surface area (Å²) in [4.78, 5) is 16.8. The molecule has 0 aliphatic carbocycles. The van der Waals surface area contributed by atoms with Crippen LogP contribution in [0.25, 0.3) is 10.6 Å². The van der Waals surface area contributed by atoms with Gasteiger partial charge in [0.05, 0.1) is 6.61 Å². The molecule has 3 rings (SSSR count). The van der Waals surface area contributed by atoms with Crippen molar-refractivity contribution in [3.8, 4) is 10.6 Å². The zero-order valence-corrected chi connectivity index (χ0v) is 15.0. The third-order valence-corrected chi connectivity index (χ3v) is 5.10. The first kappa shape index (κ1) is 16.8. The number of carbonyl (C=O) groups excluding carboxylic acids is 1. The number of amides is 1. The van der Waals surface area contributed by atoms with Crippen molar-refractivity contribution in [3.63, 3.8) is 0 Å². The van der Waals surface area contributed by atoms with Crippen molar-refractivity contribution in [3.05, 3.63) is 63.3 Å². The van der Waals surface area contributed by atoms with E-state index in [1.54, 1.807) is 16.7 Å². The number of nitrogens with zero attached hydrogens (tertiary/aromatic N) is 1. The van der Waals surface area contributed by atoms with Gasteiger partial charge in [-0.1, -0.05) is 24.3 Å². The van der Waals surface area contributed by atoms with Crippen molar-refractivity contribution in [1.82, 2.24) is 10.3 Å². The minimum atomic E-state index is -0.154. The molecule has 0 spiro atoms. The van der Waals surface area contributed by atoms with E-state index in [1.807, 2.05) is 48.0 Å². The minimum Gasteiger partial charge on any atom is -0.377 e. The van der Waals surface area contributed by atoms with Crippen LogP contribution in [0.5, 0.6) is 0 Å². The van der Waals surface area contributed by atoms with Crippen LogP contribution in [0.4, 0.5) is 0 Å². The van der Waals surface area contributed by atoms with Gasteiger partial charge in [0.15, 0.2) is 0 Å². The van der Waals surface area contributed by atoms with Crippen LogP contribution in [0.1, 0.15) is 28.5 Å². The molecule has 3 aromatic rings. The van der Waals surface area contributed by atoms with Gasteiger partial charge < -0.3 is 10.1 Å².